The highest BCUT2D eigenvalue weighted by Gasteiger charge is 2.21. The highest BCUT2D eigenvalue weighted by Crippen LogP contribution is 2.12. The number of rotatable bonds is 0. The van der Waals surface area contributed by atoms with Gasteiger partial charge in [-0.15, -0.1) is 0 Å². The standard InChI is InChI=1S/C8H10N2O/c11-8-5-9-6-3-1-2-4-7(6)10-8/h1-3,7,9H,4-5H2,(H,10,11). The van der Waals surface area contributed by atoms with Crippen molar-refractivity contribution in [1.29, 1.82) is 0 Å². The molecule has 1 fully saturated rings. The van der Waals surface area contributed by atoms with Crippen molar-refractivity contribution in [2.75, 3.05) is 6.54 Å². The number of hydrogen-bond donors (Lipinski definition) is 2. The molecule has 1 aliphatic heterocycles. The van der Waals surface area contributed by atoms with E-state index in [0.29, 0.717) is 6.54 Å². The van der Waals surface area contributed by atoms with Crippen LogP contribution >= 0.6 is 0 Å². The molecule has 2 aliphatic rings. The van der Waals surface area contributed by atoms with Crippen molar-refractivity contribution in [1.82, 2.24) is 10.6 Å². The van der Waals surface area contributed by atoms with Gasteiger partial charge in [0, 0.05) is 5.70 Å². The van der Waals surface area contributed by atoms with Crippen molar-refractivity contribution >= 4 is 5.91 Å². The van der Waals surface area contributed by atoms with Crippen LogP contribution in [0.1, 0.15) is 6.42 Å². The van der Waals surface area contributed by atoms with Gasteiger partial charge in [0.15, 0.2) is 0 Å². The minimum atomic E-state index is 0.0856. The molecule has 1 aliphatic carbocycles. The molecule has 1 heterocycles. The molecule has 3 nitrogen and oxygen atoms in total. The molecule has 2 N–H and O–H groups in total. The molecule has 1 unspecified atom stereocenters. The number of carbonyl (C=O) groups excluding carboxylic acids is 1. The second-order valence-electron chi connectivity index (χ2n) is 2.76. The molecule has 3 heteroatoms. The molecule has 2 rings (SSSR count). The van der Waals surface area contributed by atoms with Gasteiger partial charge in [-0.25, -0.2) is 0 Å². The van der Waals surface area contributed by atoms with E-state index in [-0.39, 0.29) is 11.9 Å². The molecule has 0 saturated carbocycles. The Morgan fingerprint density at radius 1 is 1.55 bits per heavy atom. The van der Waals surface area contributed by atoms with E-state index in [4.69, 9.17) is 0 Å². The molecule has 0 aromatic rings. The summed E-state index contributed by atoms with van der Waals surface area (Å²) in [6.45, 7) is 0.413. The average molecular weight is 150 g/mol. The van der Waals surface area contributed by atoms with Crippen LogP contribution in [0.3, 0.4) is 0 Å². The fourth-order valence-corrected chi connectivity index (χ4v) is 1.38. The maximum Gasteiger partial charge on any atom is 0.239 e. The minimum Gasteiger partial charge on any atom is -0.378 e. The molecule has 0 radical (unpaired) electrons. The predicted molar refractivity (Wildman–Crippen MR) is 41.8 cm³/mol. The van der Waals surface area contributed by atoms with Gasteiger partial charge < -0.3 is 10.6 Å². The van der Waals surface area contributed by atoms with Gasteiger partial charge in [0.25, 0.3) is 0 Å². The summed E-state index contributed by atoms with van der Waals surface area (Å²) in [6.07, 6.45) is 6.98. The van der Waals surface area contributed by atoms with E-state index in [2.05, 4.69) is 16.7 Å². The average Bonchev–Trinajstić information content (AvgIpc) is 2.04. The van der Waals surface area contributed by atoms with Crippen LogP contribution in [-0.4, -0.2) is 18.5 Å². The zero-order chi connectivity index (χ0) is 7.68. The van der Waals surface area contributed by atoms with Gasteiger partial charge >= 0.3 is 0 Å². The number of nitrogens with one attached hydrogen (secondary N) is 2. The number of piperazine rings is 1. The SMILES string of the molecule is O=C1CNC2=CC=CCC2N1. The van der Waals surface area contributed by atoms with Crippen molar-refractivity contribution in [2.24, 2.45) is 0 Å². The van der Waals surface area contributed by atoms with Crippen molar-refractivity contribution in [2.45, 2.75) is 12.5 Å². The Morgan fingerprint density at radius 3 is 3.36 bits per heavy atom. The maximum atomic E-state index is 10.9. The van der Waals surface area contributed by atoms with Gasteiger partial charge in [-0.3, -0.25) is 4.79 Å². The normalized spacial score (nSPS) is 28.2. The van der Waals surface area contributed by atoms with Crippen molar-refractivity contribution in [3.05, 3.63) is 23.9 Å². The second kappa shape index (κ2) is 2.42. The van der Waals surface area contributed by atoms with E-state index in [1.165, 1.54) is 0 Å². The van der Waals surface area contributed by atoms with E-state index >= 15 is 0 Å². The Hall–Kier alpha value is -1.25. The Bertz CT molecular complexity index is 242. The quantitative estimate of drug-likeness (QED) is 0.507. The van der Waals surface area contributed by atoms with Crippen LogP contribution in [0.25, 0.3) is 0 Å². The molecule has 1 atom stereocenters. The lowest BCUT2D eigenvalue weighted by Gasteiger charge is -2.28. The third-order valence-corrected chi connectivity index (χ3v) is 1.95. The van der Waals surface area contributed by atoms with Crippen molar-refractivity contribution < 1.29 is 4.79 Å². The van der Waals surface area contributed by atoms with Crippen molar-refractivity contribution in [3.63, 3.8) is 0 Å². The lowest BCUT2D eigenvalue weighted by atomic mass is 10.0. The summed E-state index contributed by atoms with van der Waals surface area (Å²) < 4.78 is 0. The van der Waals surface area contributed by atoms with Gasteiger partial charge in [-0.05, 0) is 12.5 Å². The summed E-state index contributed by atoms with van der Waals surface area (Å²) in [5, 5.41) is 5.97. The first kappa shape index (κ1) is 6.46. The number of fused-ring (bicyclic) bond motifs is 1. The maximum absolute atomic E-state index is 10.9. The van der Waals surface area contributed by atoms with Crippen LogP contribution in [-0.2, 0) is 4.79 Å². The molecule has 11 heavy (non-hydrogen) atoms. The number of hydrogen-bond acceptors (Lipinski definition) is 2. The first-order valence-electron chi connectivity index (χ1n) is 3.76. The van der Waals surface area contributed by atoms with Gasteiger partial charge in [0.05, 0.1) is 12.6 Å². The first-order valence-corrected chi connectivity index (χ1v) is 3.76. The topological polar surface area (TPSA) is 41.1 Å². The predicted octanol–water partition coefficient (Wildman–Crippen LogP) is -0.0818. The van der Waals surface area contributed by atoms with Gasteiger partial charge in [0.2, 0.25) is 5.91 Å². The van der Waals surface area contributed by atoms with Crippen LogP contribution in [0.15, 0.2) is 23.9 Å². The molecule has 1 amide bonds. The molecule has 58 valence electrons. The molecule has 1 saturated heterocycles. The smallest absolute Gasteiger partial charge is 0.239 e. The van der Waals surface area contributed by atoms with E-state index in [1.54, 1.807) is 0 Å². The summed E-state index contributed by atoms with van der Waals surface area (Å²) in [4.78, 5) is 10.9. The minimum absolute atomic E-state index is 0.0856. The summed E-state index contributed by atoms with van der Waals surface area (Å²) >= 11 is 0. The highest BCUT2D eigenvalue weighted by atomic mass is 16.2. The zero-order valence-electron chi connectivity index (χ0n) is 6.13. The second-order valence-corrected chi connectivity index (χ2v) is 2.76. The Kier molecular flexibility index (Phi) is 1.42. The van der Waals surface area contributed by atoms with Crippen LogP contribution in [0.2, 0.25) is 0 Å². The van der Waals surface area contributed by atoms with Crippen LogP contribution < -0.4 is 10.6 Å². The molecular formula is C8H10N2O. The highest BCUT2D eigenvalue weighted by molar-refractivity contribution is 5.80. The molecule has 0 aromatic heterocycles. The molecular weight excluding hydrogens is 140 g/mol. The largest absolute Gasteiger partial charge is 0.378 e. The lowest BCUT2D eigenvalue weighted by Crippen LogP contribution is -2.50. The molecule has 0 aromatic carbocycles. The fraction of sp³-hybridized carbons (Fsp3) is 0.375. The van der Waals surface area contributed by atoms with E-state index in [9.17, 15) is 4.79 Å². The van der Waals surface area contributed by atoms with Gasteiger partial charge in [0.1, 0.15) is 0 Å². The van der Waals surface area contributed by atoms with Crippen LogP contribution in [0.5, 0.6) is 0 Å². The van der Waals surface area contributed by atoms with E-state index in [0.717, 1.165) is 12.1 Å². The van der Waals surface area contributed by atoms with Crippen LogP contribution in [0.4, 0.5) is 0 Å². The van der Waals surface area contributed by atoms with Gasteiger partial charge in [-0.1, -0.05) is 12.2 Å². The fourth-order valence-electron chi connectivity index (χ4n) is 1.38. The van der Waals surface area contributed by atoms with Gasteiger partial charge in [-0.2, -0.15) is 0 Å². The number of carbonyl (C=O) groups is 1. The number of amides is 1. The summed E-state index contributed by atoms with van der Waals surface area (Å²) in [7, 11) is 0. The summed E-state index contributed by atoms with van der Waals surface area (Å²) in [5.74, 6) is 0.0856. The molecule has 0 bridgehead atoms. The summed E-state index contributed by atoms with van der Waals surface area (Å²) in [6, 6.07) is 0.196. The zero-order valence-corrected chi connectivity index (χ0v) is 6.13. The monoisotopic (exact) mass is 150 g/mol. The third-order valence-electron chi connectivity index (χ3n) is 1.95. The summed E-state index contributed by atoms with van der Waals surface area (Å²) in [5.41, 5.74) is 1.13. The van der Waals surface area contributed by atoms with E-state index < -0.39 is 0 Å². The third kappa shape index (κ3) is 1.13. The molecule has 0 spiro atoms. The Balaban J connectivity index is 2.16. The van der Waals surface area contributed by atoms with Crippen molar-refractivity contribution in [3.8, 4) is 0 Å². The first-order chi connectivity index (χ1) is 5.36. The Labute approximate surface area is 65.2 Å². The van der Waals surface area contributed by atoms with Crippen LogP contribution in [0, 0.1) is 0 Å². The lowest BCUT2D eigenvalue weighted by molar-refractivity contribution is -0.121. The van der Waals surface area contributed by atoms with E-state index in [1.807, 2.05) is 12.2 Å². The Morgan fingerprint density at radius 2 is 2.45 bits per heavy atom. The number of allylic oxidation sites excluding steroid dienone is 2.